The average molecular weight is 300 g/mol. The number of benzene rings is 1. The number of amides is 1. The molecule has 1 unspecified atom stereocenters. The lowest BCUT2D eigenvalue weighted by molar-refractivity contribution is -0.124. The first kappa shape index (κ1) is 14.7. The molecule has 6 nitrogen and oxygen atoms in total. The van der Waals surface area contributed by atoms with Gasteiger partial charge in [-0.15, -0.1) is 0 Å². The third-order valence-electron chi connectivity index (χ3n) is 4.51. The highest BCUT2D eigenvalue weighted by Gasteiger charge is 2.41. The molecule has 0 saturated heterocycles. The Bertz CT molecular complexity index is 719. The van der Waals surface area contributed by atoms with Gasteiger partial charge in [0.15, 0.2) is 0 Å². The fourth-order valence-electron chi connectivity index (χ4n) is 3.31. The number of azide groups is 1. The van der Waals surface area contributed by atoms with Gasteiger partial charge in [-0.1, -0.05) is 25.0 Å². The molecule has 1 atom stereocenters. The van der Waals surface area contributed by atoms with Crippen LogP contribution in [-0.4, -0.2) is 18.1 Å². The fourth-order valence-corrected chi connectivity index (χ4v) is 3.31. The average Bonchev–Trinajstić information content (AvgIpc) is 2.76. The number of carbonyl (C=O) groups is 1. The molecule has 1 aromatic rings. The highest BCUT2D eigenvalue weighted by Crippen LogP contribution is 2.47. The first-order chi connectivity index (χ1) is 10.3. The Hall–Kier alpha value is -2.20. The minimum atomic E-state index is -0.512. The third kappa shape index (κ3) is 2.20. The summed E-state index contributed by atoms with van der Waals surface area (Å²) in [4.78, 5) is 15.0. The van der Waals surface area contributed by atoms with Crippen LogP contribution in [0.4, 0.5) is 5.69 Å². The van der Waals surface area contributed by atoms with Gasteiger partial charge in [0.2, 0.25) is 5.91 Å². The first-order valence-corrected chi connectivity index (χ1v) is 7.42. The molecule has 2 aliphatic rings. The highest BCUT2D eigenvalue weighted by atomic mass is 16.5. The van der Waals surface area contributed by atoms with E-state index < -0.39 is 11.0 Å². The smallest absolute Gasteiger partial charge is 0.230 e. The number of hydrogen-bond donors (Lipinski definition) is 1. The zero-order valence-corrected chi connectivity index (χ0v) is 13.4. The summed E-state index contributed by atoms with van der Waals surface area (Å²) < 4.78 is 6.16. The molecule has 0 aliphatic carbocycles. The highest BCUT2D eigenvalue weighted by molar-refractivity contribution is 5.99. The van der Waals surface area contributed by atoms with Crippen molar-refractivity contribution in [1.82, 2.24) is 0 Å². The van der Waals surface area contributed by atoms with E-state index in [2.05, 4.69) is 21.4 Å². The zero-order valence-electron chi connectivity index (χ0n) is 13.4. The standard InChI is InChI=1S/C16H20N4O2/c1-9-5-10-6-16(4,8-18-20-17)22-13(10)11-7-15(2,3)14(21)19-12(9)11/h5H,6-8H2,1-4H3,(H,19,21). The molecule has 0 saturated carbocycles. The summed E-state index contributed by atoms with van der Waals surface area (Å²) in [5.41, 5.74) is 11.7. The van der Waals surface area contributed by atoms with Crippen LogP contribution in [0.1, 0.15) is 37.5 Å². The SMILES string of the molecule is Cc1cc2c(c3c1NC(=O)C(C)(C)C3)OC(C)(CN=[N+]=[N-])C2. The molecule has 1 N–H and O–H groups in total. The molecule has 0 bridgehead atoms. The normalized spacial score (nSPS) is 24.6. The molecule has 116 valence electrons. The van der Waals surface area contributed by atoms with Gasteiger partial charge in [-0.25, -0.2) is 0 Å². The van der Waals surface area contributed by atoms with Crippen molar-refractivity contribution >= 4 is 11.6 Å². The Morgan fingerprint density at radius 3 is 2.82 bits per heavy atom. The maximum atomic E-state index is 12.2. The molecule has 3 rings (SSSR count). The lowest BCUT2D eigenvalue weighted by atomic mass is 9.79. The van der Waals surface area contributed by atoms with Crippen LogP contribution in [0.3, 0.4) is 0 Å². The van der Waals surface area contributed by atoms with Crippen LogP contribution in [0.5, 0.6) is 5.75 Å². The largest absolute Gasteiger partial charge is 0.486 e. The molecule has 0 spiro atoms. The van der Waals surface area contributed by atoms with Crippen LogP contribution in [0.2, 0.25) is 0 Å². The second-order valence-corrected chi connectivity index (χ2v) is 7.17. The molecule has 0 fully saturated rings. The van der Waals surface area contributed by atoms with Crippen molar-refractivity contribution in [2.75, 3.05) is 11.9 Å². The van der Waals surface area contributed by atoms with E-state index in [4.69, 9.17) is 10.3 Å². The molecule has 0 radical (unpaired) electrons. The van der Waals surface area contributed by atoms with E-state index in [0.29, 0.717) is 19.4 Å². The molecule has 2 aliphatic heterocycles. The summed E-state index contributed by atoms with van der Waals surface area (Å²) in [7, 11) is 0. The Morgan fingerprint density at radius 2 is 2.14 bits per heavy atom. The summed E-state index contributed by atoms with van der Waals surface area (Å²) in [6.07, 6.45) is 1.36. The number of aryl methyl sites for hydroxylation is 1. The third-order valence-corrected chi connectivity index (χ3v) is 4.51. The van der Waals surface area contributed by atoms with Crippen LogP contribution < -0.4 is 10.1 Å². The van der Waals surface area contributed by atoms with Crippen LogP contribution in [0.25, 0.3) is 10.4 Å². The van der Waals surface area contributed by atoms with Gasteiger partial charge in [0.1, 0.15) is 11.4 Å². The van der Waals surface area contributed by atoms with Crippen molar-refractivity contribution in [3.8, 4) is 5.75 Å². The Kier molecular flexibility index (Phi) is 3.11. The molecule has 22 heavy (non-hydrogen) atoms. The summed E-state index contributed by atoms with van der Waals surface area (Å²) in [6, 6.07) is 2.06. The van der Waals surface area contributed by atoms with Gasteiger partial charge >= 0.3 is 0 Å². The summed E-state index contributed by atoms with van der Waals surface area (Å²) in [6.45, 7) is 8.13. The van der Waals surface area contributed by atoms with Gasteiger partial charge in [-0.05, 0) is 36.9 Å². The second-order valence-electron chi connectivity index (χ2n) is 7.17. The van der Waals surface area contributed by atoms with Crippen molar-refractivity contribution in [2.24, 2.45) is 10.5 Å². The minimum absolute atomic E-state index is 0.0397. The molecular weight excluding hydrogens is 280 g/mol. The van der Waals surface area contributed by atoms with E-state index in [1.807, 2.05) is 27.7 Å². The Balaban J connectivity index is 2.07. The van der Waals surface area contributed by atoms with Crippen LogP contribution in [0, 0.1) is 12.3 Å². The van der Waals surface area contributed by atoms with Crippen molar-refractivity contribution in [3.05, 3.63) is 33.2 Å². The van der Waals surface area contributed by atoms with Crippen LogP contribution >= 0.6 is 0 Å². The molecule has 1 aromatic carbocycles. The number of hydrogen-bond acceptors (Lipinski definition) is 3. The monoisotopic (exact) mass is 300 g/mol. The summed E-state index contributed by atoms with van der Waals surface area (Å²) >= 11 is 0. The Labute approximate surface area is 129 Å². The van der Waals surface area contributed by atoms with Gasteiger partial charge in [-0.3, -0.25) is 4.79 Å². The molecule has 1 amide bonds. The molecule has 0 aromatic heterocycles. The number of ether oxygens (including phenoxy) is 1. The first-order valence-electron chi connectivity index (χ1n) is 7.42. The lowest BCUT2D eigenvalue weighted by Gasteiger charge is -2.33. The zero-order chi connectivity index (χ0) is 16.1. The molecule has 6 heteroatoms. The van der Waals surface area contributed by atoms with Gasteiger partial charge in [0.05, 0.1) is 12.2 Å². The van der Waals surface area contributed by atoms with Gasteiger partial charge in [0, 0.05) is 22.3 Å². The molecular formula is C16H20N4O2. The maximum absolute atomic E-state index is 12.2. The number of nitrogens with zero attached hydrogens (tertiary/aromatic N) is 3. The fraction of sp³-hybridized carbons (Fsp3) is 0.562. The quantitative estimate of drug-likeness (QED) is 0.514. The Morgan fingerprint density at radius 1 is 1.41 bits per heavy atom. The van der Waals surface area contributed by atoms with Crippen molar-refractivity contribution in [2.45, 2.75) is 46.1 Å². The maximum Gasteiger partial charge on any atom is 0.230 e. The predicted octanol–water partition coefficient (Wildman–Crippen LogP) is 3.52. The van der Waals surface area contributed by atoms with Crippen LogP contribution in [0.15, 0.2) is 11.2 Å². The van der Waals surface area contributed by atoms with Gasteiger partial charge < -0.3 is 10.1 Å². The van der Waals surface area contributed by atoms with Crippen molar-refractivity contribution in [1.29, 1.82) is 0 Å². The van der Waals surface area contributed by atoms with E-state index in [0.717, 1.165) is 28.1 Å². The topological polar surface area (TPSA) is 87.1 Å². The van der Waals surface area contributed by atoms with Gasteiger partial charge in [-0.2, -0.15) is 0 Å². The molecule has 2 heterocycles. The van der Waals surface area contributed by atoms with E-state index in [1.54, 1.807) is 0 Å². The lowest BCUT2D eigenvalue weighted by Crippen LogP contribution is -2.38. The van der Waals surface area contributed by atoms with Crippen LogP contribution in [-0.2, 0) is 17.6 Å². The van der Waals surface area contributed by atoms with E-state index in [9.17, 15) is 4.79 Å². The number of nitrogens with one attached hydrogen (secondary N) is 1. The van der Waals surface area contributed by atoms with Gasteiger partial charge in [0.25, 0.3) is 0 Å². The summed E-state index contributed by atoms with van der Waals surface area (Å²) in [5, 5.41) is 6.69. The minimum Gasteiger partial charge on any atom is -0.486 e. The predicted molar refractivity (Wildman–Crippen MR) is 84.0 cm³/mol. The van der Waals surface area contributed by atoms with E-state index >= 15 is 0 Å². The number of fused-ring (bicyclic) bond motifs is 3. The summed E-state index contributed by atoms with van der Waals surface area (Å²) in [5.74, 6) is 0.891. The number of anilines is 1. The van der Waals surface area contributed by atoms with E-state index in [1.165, 1.54) is 0 Å². The number of rotatable bonds is 2. The second kappa shape index (κ2) is 4.65. The van der Waals surface area contributed by atoms with Crippen molar-refractivity contribution < 1.29 is 9.53 Å². The van der Waals surface area contributed by atoms with Crippen molar-refractivity contribution in [3.63, 3.8) is 0 Å². The number of carbonyl (C=O) groups excluding carboxylic acids is 1. The van der Waals surface area contributed by atoms with E-state index in [-0.39, 0.29) is 5.91 Å².